The van der Waals surface area contributed by atoms with Crippen molar-refractivity contribution in [2.45, 2.75) is 20.5 Å². The first-order valence-corrected chi connectivity index (χ1v) is 6.35. The average Bonchev–Trinajstić information content (AvgIpc) is 2.83. The summed E-state index contributed by atoms with van der Waals surface area (Å²) in [5.41, 5.74) is 4.31. The fourth-order valence-corrected chi connectivity index (χ4v) is 2.09. The van der Waals surface area contributed by atoms with Gasteiger partial charge >= 0.3 is 0 Å². The van der Waals surface area contributed by atoms with Gasteiger partial charge in [-0.3, -0.25) is 0 Å². The van der Waals surface area contributed by atoms with E-state index < -0.39 is 0 Å². The van der Waals surface area contributed by atoms with Gasteiger partial charge < -0.3 is 9.14 Å². The summed E-state index contributed by atoms with van der Waals surface area (Å²) < 4.78 is 7.86. The molecule has 0 aliphatic carbocycles. The summed E-state index contributed by atoms with van der Waals surface area (Å²) in [5.74, 6) is 0.928. The molecule has 0 bridgehead atoms. The molecule has 0 amide bonds. The van der Waals surface area contributed by atoms with Gasteiger partial charge in [0.2, 0.25) is 0 Å². The minimum Gasteiger partial charge on any atom is -0.487 e. The first kappa shape index (κ1) is 11.8. The van der Waals surface area contributed by atoms with Crippen LogP contribution in [0.2, 0.25) is 0 Å². The SMILES string of the molecule is Cc1cccc(OCc2cn3ccccc3n2)c1C. The molecule has 0 aliphatic rings. The summed E-state index contributed by atoms with van der Waals surface area (Å²) >= 11 is 0. The maximum Gasteiger partial charge on any atom is 0.137 e. The van der Waals surface area contributed by atoms with E-state index in [4.69, 9.17) is 4.74 Å². The molecule has 0 saturated heterocycles. The quantitative estimate of drug-likeness (QED) is 0.713. The lowest BCUT2D eigenvalue weighted by Gasteiger charge is -2.09. The Bertz CT molecular complexity index is 683. The summed E-state index contributed by atoms with van der Waals surface area (Å²) in [4.78, 5) is 4.52. The highest BCUT2D eigenvalue weighted by Crippen LogP contribution is 2.21. The molecule has 1 aromatic carbocycles. The molecule has 96 valence electrons. The molecule has 0 unspecified atom stereocenters. The van der Waals surface area contributed by atoms with Crippen LogP contribution in [0, 0.1) is 13.8 Å². The van der Waals surface area contributed by atoms with Gasteiger partial charge in [-0.25, -0.2) is 4.98 Å². The van der Waals surface area contributed by atoms with E-state index in [1.54, 1.807) is 0 Å². The first-order chi connectivity index (χ1) is 9.24. The molecule has 0 spiro atoms. The highest BCUT2D eigenvalue weighted by atomic mass is 16.5. The maximum atomic E-state index is 5.86. The van der Waals surface area contributed by atoms with E-state index in [1.165, 1.54) is 11.1 Å². The normalized spacial score (nSPS) is 10.8. The lowest BCUT2D eigenvalue weighted by molar-refractivity contribution is 0.300. The molecule has 0 N–H and O–H groups in total. The Hall–Kier alpha value is -2.29. The van der Waals surface area contributed by atoms with Crippen LogP contribution in [0.5, 0.6) is 5.75 Å². The van der Waals surface area contributed by atoms with Gasteiger partial charge in [0, 0.05) is 12.4 Å². The number of benzene rings is 1. The summed E-state index contributed by atoms with van der Waals surface area (Å²) in [5, 5.41) is 0. The molecule has 3 nitrogen and oxygen atoms in total. The molecule has 0 saturated carbocycles. The second kappa shape index (κ2) is 4.76. The van der Waals surface area contributed by atoms with Gasteiger partial charge in [0.05, 0.1) is 5.69 Å². The van der Waals surface area contributed by atoms with E-state index in [0.29, 0.717) is 6.61 Å². The number of ether oxygens (including phenoxy) is 1. The van der Waals surface area contributed by atoms with Crippen LogP contribution in [-0.2, 0) is 6.61 Å². The van der Waals surface area contributed by atoms with Crippen molar-refractivity contribution in [2.24, 2.45) is 0 Å². The maximum absolute atomic E-state index is 5.86. The zero-order valence-corrected chi connectivity index (χ0v) is 11.1. The minimum absolute atomic E-state index is 0.492. The summed E-state index contributed by atoms with van der Waals surface area (Å²) in [7, 11) is 0. The fraction of sp³-hybridized carbons (Fsp3) is 0.188. The predicted octanol–water partition coefficient (Wildman–Crippen LogP) is 3.53. The number of hydrogen-bond acceptors (Lipinski definition) is 2. The van der Waals surface area contributed by atoms with Crippen LogP contribution in [0.4, 0.5) is 0 Å². The van der Waals surface area contributed by atoms with Gasteiger partial charge in [-0.2, -0.15) is 0 Å². The zero-order valence-electron chi connectivity index (χ0n) is 11.1. The average molecular weight is 252 g/mol. The van der Waals surface area contributed by atoms with Gasteiger partial charge in [0.15, 0.2) is 0 Å². The third kappa shape index (κ3) is 2.32. The van der Waals surface area contributed by atoms with Gasteiger partial charge in [-0.1, -0.05) is 18.2 Å². The van der Waals surface area contributed by atoms with Gasteiger partial charge in [-0.15, -0.1) is 0 Å². The predicted molar refractivity (Wildman–Crippen MR) is 75.4 cm³/mol. The van der Waals surface area contributed by atoms with Crippen molar-refractivity contribution in [1.82, 2.24) is 9.38 Å². The molecular formula is C16H16N2O. The number of fused-ring (bicyclic) bond motifs is 1. The van der Waals surface area contributed by atoms with Crippen LogP contribution < -0.4 is 4.74 Å². The van der Waals surface area contributed by atoms with Crippen molar-refractivity contribution in [3.8, 4) is 5.75 Å². The molecule has 0 aliphatic heterocycles. The Morgan fingerprint density at radius 2 is 2.00 bits per heavy atom. The van der Waals surface area contributed by atoms with E-state index in [9.17, 15) is 0 Å². The number of aromatic nitrogens is 2. The van der Waals surface area contributed by atoms with Crippen molar-refractivity contribution in [1.29, 1.82) is 0 Å². The molecule has 19 heavy (non-hydrogen) atoms. The summed E-state index contributed by atoms with van der Waals surface area (Å²) in [6.07, 6.45) is 3.99. The molecule has 2 aromatic heterocycles. The molecule has 3 aromatic rings. The number of aryl methyl sites for hydroxylation is 1. The van der Waals surface area contributed by atoms with Crippen LogP contribution >= 0.6 is 0 Å². The number of hydrogen-bond donors (Lipinski definition) is 0. The molecule has 0 atom stereocenters. The lowest BCUT2D eigenvalue weighted by Crippen LogP contribution is -1.98. The van der Waals surface area contributed by atoms with Crippen molar-refractivity contribution in [3.63, 3.8) is 0 Å². The van der Waals surface area contributed by atoms with E-state index in [1.807, 2.05) is 47.1 Å². The van der Waals surface area contributed by atoms with Crippen molar-refractivity contribution >= 4 is 5.65 Å². The number of rotatable bonds is 3. The standard InChI is InChI=1S/C16H16N2O/c1-12-6-5-7-15(13(12)2)19-11-14-10-18-9-4-3-8-16(18)17-14/h3-10H,11H2,1-2H3. The van der Waals surface area contributed by atoms with Crippen LogP contribution in [0.1, 0.15) is 16.8 Å². The highest BCUT2D eigenvalue weighted by molar-refractivity contribution is 5.40. The molecule has 0 radical (unpaired) electrons. The van der Waals surface area contributed by atoms with E-state index >= 15 is 0 Å². The van der Waals surface area contributed by atoms with Crippen LogP contribution in [-0.4, -0.2) is 9.38 Å². The summed E-state index contributed by atoms with van der Waals surface area (Å²) in [6, 6.07) is 12.1. The Kier molecular flexibility index (Phi) is 2.95. The second-order valence-electron chi connectivity index (χ2n) is 4.69. The van der Waals surface area contributed by atoms with Crippen molar-refractivity contribution in [2.75, 3.05) is 0 Å². The van der Waals surface area contributed by atoms with Crippen molar-refractivity contribution in [3.05, 3.63) is 65.6 Å². The fourth-order valence-electron chi connectivity index (χ4n) is 2.09. The zero-order chi connectivity index (χ0) is 13.2. The van der Waals surface area contributed by atoms with Crippen LogP contribution in [0.25, 0.3) is 5.65 Å². The van der Waals surface area contributed by atoms with Crippen LogP contribution in [0.15, 0.2) is 48.8 Å². The highest BCUT2D eigenvalue weighted by Gasteiger charge is 2.04. The number of imidazole rings is 1. The number of nitrogens with zero attached hydrogens (tertiary/aromatic N) is 2. The number of pyridine rings is 1. The molecular weight excluding hydrogens is 236 g/mol. The van der Waals surface area contributed by atoms with Gasteiger partial charge in [0.25, 0.3) is 0 Å². The monoisotopic (exact) mass is 252 g/mol. The van der Waals surface area contributed by atoms with Gasteiger partial charge in [-0.05, 0) is 43.2 Å². The molecule has 3 heteroatoms. The van der Waals surface area contributed by atoms with Crippen LogP contribution in [0.3, 0.4) is 0 Å². The first-order valence-electron chi connectivity index (χ1n) is 6.35. The van der Waals surface area contributed by atoms with E-state index in [0.717, 1.165) is 17.1 Å². The Morgan fingerprint density at radius 1 is 1.11 bits per heavy atom. The van der Waals surface area contributed by atoms with Gasteiger partial charge in [0.1, 0.15) is 18.0 Å². The topological polar surface area (TPSA) is 26.5 Å². The van der Waals surface area contributed by atoms with Crippen molar-refractivity contribution < 1.29 is 4.74 Å². The largest absolute Gasteiger partial charge is 0.487 e. The summed E-state index contributed by atoms with van der Waals surface area (Å²) in [6.45, 7) is 4.66. The molecule has 3 rings (SSSR count). The smallest absolute Gasteiger partial charge is 0.137 e. The minimum atomic E-state index is 0.492. The Morgan fingerprint density at radius 3 is 2.84 bits per heavy atom. The molecule has 0 fully saturated rings. The lowest BCUT2D eigenvalue weighted by atomic mass is 10.1. The Balaban J connectivity index is 1.80. The van der Waals surface area contributed by atoms with E-state index in [2.05, 4.69) is 24.9 Å². The third-order valence-electron chi connectivity index (χ3n) is 3.34. The second-order valence-corrected chi connectivity index (χ2v) is 4.69. The Labute approximate surface area is 112 Å². The molecule has 2 heterocycles. The van der Waals surface area contributed by atoms with E-state index in [-0.39, 0.29) is 0 Å². The third-order valence-corrected chi connectivity index (χ3v) is 3.34.